The van der Waals surface area contributed by atoms with Gasteiger partial charge in [-0.1, -0.05) is 6.07 Å². The van der Waals surface area contributed by atoms with Crippen LogP contribution in [0.5, 0.6) is 5.88 Å². The SMILES string of the molecule is O=C(c1ccc([N+](=O)[O-])cc1)N1CC(Oc2ccccn2)C1. The molecule has 0 aliphatic carbocycles. The van der Waals surface area contributed by atoms with E-state index in [4.69, 9.17) is 4.74 Å². The second-order valence-electron chi connectivity index (χ2n) is 4.92. The lowest BCUT2D eigenvalue weighted by Crippen LogP contribution is -2.56. The molecule has 0 unspecified atom stereocenters. The van der Waals surface area contributed by atoms with Crippen LogP contribution in [0, 0.1) is 10.1 Å². The van der Waals surface area contributed by atoms with Gasteiger partial charge in [0.05, 0.1) is 18.0 Å². The highest BCUT2D eigenvalue weighted by Gasteiger charge is 2.33. The maximum absolute atomic E-state index is 12.2. The van der Waals surface area contributed by atoms with Crippen molar-refractivity contribution in [3.05, 3.63) is 64.3 Å². The van der Waals surface area contributed by atoms with Gasteiger partial charge in [0.15, 0.2) is 0 Å². The van der Waals surface area contributed by atoms with Gasteiger partial charge < -0.3 is 9.64 Å². The van der Waals surface area contributed by atoms with Crippen molar-refractivity contribution >= 4 is 11.6 Å². The molecule has 1 aliphatic rings. The van der Waals surface area contributed by atoms with E-state index in [1.165, 1.54) is 24.3 Å². The van der Waals surface area contributed by atoms with Crippen LogP contribution in [-0.4, -0.2) is 39.9 Å². The highest BCUT2D eigenvalue weighted by atomic mass is 16.6. The van der Waals surface area contributed by atoms with Gasteiger partial charge in [0.2, 0.25) is 5.88 Å². The third kappa shape index (κ3) is 2.88. The number of pyridine rings is 1. The van der Waals surface area contributed by atoms with E-state index in [1.54, 1.807) is 23.2 Å². The van der Waals surface area contributed by atoms with Gasteiger partial charge in [-0.15, -0.1) is 0 Å². The summed E-state index contributed by atoms with van der Waals surface area (Å²) in [6.45, 7) is 0.957. The fraction of sp³-hybridized carbons (Fsp3) is 0.200. The maximum Gasteiger partial charge on any atom is 0.269 e. The lowest BCUT2D eigenvalue weighted by Gasteiger charge is -2.38. The van der Waals surface area contributed by atoms with Gasteiger partial charge in [0.25, 0.3) is 11.6 Å². The number of nitrogens with zero attached hydrogens (tertiary/aromatic N) is 3. The molecule has 2 heterocycles. The number of rotatable bonds is 4. The zero-order chi connectivity index (χ0) is 15.5. The topological polar surface area (TPSA) is 85.6 Å². The normalized spacial score (nSPS) is 14.3. The summed E-state index contributed by atoms with van der Waals surface area (Å²) >= 11 is 0. The number of aromatic nitrogens is 1. The Morgan fingerprint density at radius 2 is 1.95 bits per heavy atom. The molecule has 1 saturated heterocycles. The summed E-state index contributed by atoms with van der Waals surface area (Å²) in [6, 6.07) is 11.0. The van der Waals surface area contributed by atoms with Crippen LogP contribution in [0.3, 0.4) is 0 Å². The standard InChI is InChI=1S/C15H13N3O4/c19-15(11-4-6-12(7-5-11)18(20)21)17-9-13(10-17)22-14-3-1-2-8-16-14/h1-8,13H,9-10H2. The molecule has 112 valence electrons. The molecule has 2 aromatic rings. The molecule has 3 rings (SSSR count). The molecule has 22 heavy (non-hydrogen) atoms. The number of nitro benzene ring substituents is 1. The van der Waals surface area contributed by atoms with Crippen molar-refractivity contribution in [1.29, 1.82) is 0 Å². The Morgan fingerprint density at radius 1 is 1.23 bits per heavy atom. The number of carbonyl (C=O) groups excluding carboxylic acids is 1. The maximum atomic E-state index is 12.2. The van der Waals surface area contributed by atoms with Gasteiger partial charge in [-0.25, -0.2) is 4.98 Å². The minimum Gasteiger partial charge on any atom is -0.471 e. The number of benzene rings is 1. The number of carbonyl (C=O) groups is 1. The second-order valence-corrected chi connectivity index (χ2v) is 4.92. The number of ether oxygens (including phenoxy) is 1. The molecule has 1 aromatic heterocycles. The van der Waals surface area contributed by atoms with Crippen LogP contribution in [0.15, 0.2) is 48.7 Å². The Bertz CT molecular complexity index is 682. The molecule has 1 aromatic carbocycles. The summed E-state index contributed by atoms with van der Waals surface area (Å²) in [7, 11) is 0. The molecule has 7 nitrogen and oxygen atoms in total. The largest absolute Gasteiger partial charge is 0.471 e. The highest BCUT2D eigenvalue weighted by molar-refractivity contribution is 5.95. The Labute approximate surface area is 126 Å². The summed E-state index contributed by atoms with van der Waals surface area (Å²) in [6.07, 6.45) is 1.57. The average molecular weight is 299 g/mol. The van der Waals surface area contributed by atoms with Gasteiger partial charge >= 0.3 is 0 Å². The first-order valence-electron chi connectivity index (χ1n) is 6.75. The first kappa shape index (κ1) is 14.0. The zero-order valence-corrected chi connectivity index (χ0v) is 11.6. The quantitative estimate of drug-likeness (QED) is 0.635. The third-order valence-corrected chi connectivity index (χ3v) is 3.39. The van der Waals surface area contributed by atoms with Crippen LogP contribution in [0.4, 0.5) is 5.69 Å². The van der Waals surface area contributed by atoms with Crippen LogP contribution in [0.25, 0.3) is 0 Å². The van der Waals surface area contributed by atoms with Crippen LogP contribution in [0.2, 0.25) is 0 Å². The van der Waals surface area contributed by atoms with E-state index in [0.29, 0.717) is 24.5 Å². The first-order valence-corrected chi connectivity index (χ1v) is 6.75. The molecule has 1 aliphatic heterocycles. The van der Waals surface area contributed by atoms with E-state index in [-0.39, 0.29) is 17.7 Å². The van der Waals surface area contributed by atoms with E-state index < -0.39 is 4.92 Å². The number of amides is 1. The summed E-state index contributed by atoms with van der Waals surface area (Å²) in [5, 5.41) is 10.6. The predicted octanol–water partition coefficient (Wildman–Crippen LogP) is 1.89. The molecule has 1 amide bonds. The van der Waals surface area contributed by atoms with Gasteiger partial charge in [-0.05, 0) is 18.2 Å². The number of non-ortho nitro benzene ring substituents is 1. The van der Waals surface area contributed by atoms with E-state index in [2.05, 4.69) is 4.98 Å². The summed E-state index contributed by atoms with van der Waals surface area (Å²) in [5.41, 5.74) is 0.401. The Kier molecular flexibility index (Phi) is 3.69. The Balaban J connectivity index is 1.56. The van der Waals surface area contributed by atoms with Crippen molar-refractivity contribution in [2.75, 3.05) is 13.1 Å². The van der Waals surface area contributed by atoms with Crippen LogP contribution in [0.1, 0.15) is 10.4 Å². The first-order chi connectivity index (χ1) is 10.6. The molecule has 7 heteroatoms. The molecule has 0 radical (unpaired) electrons. The number of nitro groups is 1. The second kappa shape index (κ2) is 5.80. The molecular formula is C15H13N3O4. The van der Waals surface area contributed by atoms with Crippen molar-refractivity contribution < 1.29 is 14.5 Å². The van der Waals surface area contributed by atoms with E-state index >= 15 is 0 Å². The molecule has 0 bridgehead atoms. The number of hydrogen-bond acceptors (Lipinski definition) is 5. The van der Waals surface area contributed by atoms with Gasteiger partial charge in [-0.3, -0.25) is 14.9 Å². The van der Waals surface area contributed by atoms with Gasteiger partial charge in [-0.2, -0.15) is 0 Å². The highest BCUT2D eigenvalue weighted by Crippen LogP contribution is 2.19. The fourth-order valence-corrected chi connectivity index (χ4v) is 2.17. The number of hydrogen-bond donors (Lipinski definition) is 0. The zero-order valence-electron chi connectivity index (χ0n) is 11.6. The molecule has 0 spiro atoms. The third-order valence-electron chi connectivity index (χ3n) is 3.39. The van der Waals surface area contributed by atoms with E-state index in [0.717, 1.165) is 0 Å². The minimum absolute atomic E-state index is 0.0310. The Morgan fingerprint density at radius 3 is 2.55 bits per heavy atom. The van der Waals surface area contributed by atoms with Crippen LogP contribution < -0.4 is 4.74 Å². The lowest BCUT2D eigenvalue weighted by atomic mass is 10.1. The van der Waals surface area contributed by atoms with Crippen molar-refractivity contribution in [2.24, 2.45) is 0 Å². The van der Waals surface area contributed by atoms with Crippen molar-refractivity contribution in [3.63, 3.8) is 0 Å². The molecule has 0 N–H and O–H groups in total. The number of likely N-dealkylation sites (tertiary alicyclic amines) is 1. The Hall–Kier alpha value is -2.96. The van der Waals surface area contributed by atoms with Crippen LogP contribution in [-0.2, 0) is 0 Å². The summed E-state index contributed by atoms with van der Waals surface area (Å²) in [5.74, 6) is 0.380. The van der Waals surface area contributed by atoms with Gasteiger partial charge in [0.1, 0.15) is 6.10 Å². The lowest BCUT2D eigenvalue weighted by molar-refractivity contribution is -0.384. The molecule has 0 atom stereocenters. The summed E-state index contributed by atoms with van der Waals surface area (Å²) < 4.78 is 5.62. The van der Waals surface area contributed by atoms with Crippen molar-refractivity contribution in [2.45, 2.75) is 6.10 Å². The fourth-order valence-electron chi connectivity index (χ4n) is 2.17. The van der Waals surface area contributed by atoms with Crippen LogP contribution >= 0.6 is 0 Å². The summed E-state index contributed by atoms with van der Waals surface area (Å²) in [4.78, 5) is 28.0. The minimum atomic E-state index is -0.491. The monoisotopic (exact) mass is 299 g/mol. The van der Waals surface area contributed by atoms with Gasteiger partial charge in [0, 0.05) is 30.0 Å². The van der Waals surface area contributed by atoms with Crippen molar-refractivity contribution in [1.82, 2.24) is 9.88 Å². The van der Waals surface area contributed by atoms with E-state index in [1.807, 2.05) is 6.07 Å². The molecular weight excluding hydrogens is 286 g/mol. The molecule has 0 saturated carbocycles. The smallest absolute Gasteiger partial charge is 0.269 e. The van der Waals surface area contributed by atoms with Crippen molar-refractivity contribution in [3.8, 4) is 5.88 Å². The molecule has 1 fully saturated rings. The average Bonchev–Trinajstić information content (AvgIpc) is 2.51. The predicted molar refractivity (Wildman–Crippen MR) is 77.7 cm³/mol. The van der Waals surface area contributed by atoms with E-state index in [9.17, 15) is 14.9 Å².